The second kappa shape index (κ2) is 5.18. The van der Waals surface area contributed by atoms with Crippen molar-refractivity contribution in [2.24, 2.45) is 5.73 Å². The van der Waals surface area contributed by atoms with Gasteiger partial charge in [0.05, 0.1) is 18.4 Å². The van der Waals surface area contributed by atoms with Crippen molar-refractivity contribution in [3.05, 3.63) is 18.1 Å². The van der Waals surface area contributed by atoms with Gasteiger partial charge in [0.25, 0.3) is 0 Å². The van der Waals surface area contributed by atoms with Crippen LogP contribution in [0, 0.1) is 5.82 Å². The number of nitrogens with zero attached hydrogens (tertiary/aromatic N) is 3. The molecule has 0 saturated carbocycles. The summed E-state index contributed by atoms with van der Waals surface area (Å²) in [6.45, 7) is 3.06. The topological polar surface area (TPSA) is 88.5 Å². The summed E-state index contributed by atoms with van der Waals surface area (Å²) in [5.41, 5.74) is 11.2. The van der Waals surface area contributed by atoms with E-state index in [1.807, 2.05) is 9.80 Å². The lowest BCUT2D eigenvalue weighted by molar-refractivity contribution is -0.119. The van der Waals surface area contributed by atoms with Crippen molar-refractivity contribution in [1.82, 2.24) is 9.88 Å². The van der Waals surface area contributed by atoms with Crippen molar-refractivity contribution in [3.8, 4) is 0 Å². The van der Waals surface area contributed by atoms with Gasteiger partial charge in [0.2, 0.25) is 5.91 Å². The van der Waals surface area contributed by atoms with E-state index < -0.39 is 5.82 Å². The van der Waals surface area contributed by atoms with E-state index >= 15 is 0 Å². The van der Waals surface area contributed by atoms with Gasteiger partial charge in [0, 0.05) is 32.2 Å². The van der Waals surface area contributed by atoms with E-state index in [0.717, 1.165) is 6.20 Å². The molecule has 0 atom stereocenters. The van der Waals surface area contributed by atoms with Crippen molar-refractivity contribution in [2.75, 3.05) is 43.4 Å². The van der Waals surface area contributed by atoms with Crippen molar-refractivity contribution >= 4 is 17.4 Å². The Kier molecular flexibility index (Phi) is 3.61. The van der Waals surface area contributed by atoms with Gasteiger partial charge in [-0.15, -0.1) is 0 Å². The van der Waals surface area contributed by atoms with E-state index in [-0.39, 0.29) is 12.5 Å². The minimum Gasteiger partial charge on any atom is -0.396 e. The molecule has 2 heterocycles. The smallest absolute Gasteiger partial charge is 0.231 e. The Labute approximate surface area is 104 Å². The van der Waals surface area contributed by atoms with Gasteiger partial charge in [0.1, 0.15) is 5.82 Å². The Hall–Kier alpha value is -1.89. The third-order valence-electron chi connectivity index (χ3n) is 2.91. The molecule has 1 aliphatic rings. The van der Waals surface area contributed by atoms with E-state index in [1.165, 1.54) is 6.07 Å². The molecule has 7 heteroatoms. The third-order valence-corrected chi connectivity index (χ3v) is 2.91. The molecule has 6 nitrogen and oxygen atoms in total. The number of piperazine rings is 1. The number of nitrogen functional groups attached to an aromatic ring is 1. The second-order valence-electron chi connectivity index (χ2n) is 4.30. The Morgan fingerprint density at radius 1 is 1.39 bits per heavy atom. The number of hydrogen-bond donors (Lipinski definition) is 2. The number of carbonyl (C=O) groups is 1. The first-order chi connectivity index (χ1) is 8.56. The number of primary amides is 1. The van der Waals surface area contributed by atoms with E-state index in [2.05, 4.69) is 4.98 Å². The molecule has 18 heavy (non-hydrogen) atoms. The van der Waals surface area contributed by atoms with Crippen LogP contribution in [0.5, 0.6) is 0 Å². The van der Waals surface area contributed by atoms with Gasteiger partial charge in [0.15, 0.2) is 5.82 Å². The van der Waals surface area contributed by atoms with Gasteiger partial charge in [-0.25, -0.2) is 9.37 Å². The summed E-state index contributed by atoms with van der Waals surface area (Å²) in [4.78, 5) is 18.8. The van der Waals surface area contributed by atoms with Crippen molar-refractivity contribution in [2.45, 2.75) is 0 Å². The molecule has 1 amide bonds. The maximum atomic E-state index is 12.9. The Morgan fingerprint density at radius 3 is 2.61 bits per heavy atom. The van der Waals surface area contributed by atoms with Gasteiger partial charge in [-0.05, 0) is 0 Å². The lowest BCUT2D eigenvalue weighted by Crippen LogP contribution is -2.49. The second-order valence-corrected chi connectivity index (χ2v) is 4.30. The zero-order valence-corrected chi connectivity index (χ0v) is 9.97. The first-order valence-electron chi connectivity index (χ1n) is 5.73. The predicted octanol–water partition coefficient (Wildman–Crippen LogP) is -0.590. The standard InChI is InChI=1S/C11H16FN5O/c12-8-5-9(13)11(15-6-8)17-3-1-16(2-4-17)7-10(14)18/h5-6H,1-4,7,13H2,(H2,14,18). The van der Waals surface area contributed by atoms with E-state index in [9.17, 15) is 9.18 Å². The molecule has 1 aromatic rings. The molecule has 0 bridgehead atoms. The van der Waals surface area contributed by atoms with Crippen LogP contribution in [0.2, 0.25) is 0 Å². The number of halogens is 1. The molecular weight excluding hydrogens is 237 g/mol. The maximum Gasteiger partial charge on any atom is 0.231 e. The van der Waals surface area contributed by atoms with Gasteiger partial charge in [-0.3, -0.25) is 9.69 Å². The zero-order chi connectivity index (χ0) is 13.1. The monoisotopic (exact) mass is 253 g/mol. The number of hydrogen-bond acceptors (Lipinski definition) is 5. The SMILES string of the molecule is NC(=O)CN1CCN(c2ncc(F)cc2N)CC1. The summed E-state index contributed by atoms with van der Waals surface area (Å²) in [5.74, 6) is -0.179. The highest BCUT2D eigenvalue weighted by Gasteiger charge is 2.20. The van der Waals surface area contributed by atoms with Crippen LogP contribution < -0.4 is 16.4 Å². The number of anilines is 2. The zero-order valence-electron chi connectivity index (χ0n) is 9.97. The minimum atomic E-state index is -0.441. The predicted molar refractivity (Wildman–Crippen MR) is 66.5 cm³/mol. The summed E-state index contributed by atoms with van der Waals surface area (Å²) in [5, 5.41) is 0. The fourth-order valence-corrected chi connectivity index (χ4v) is 2.05. The van der Waals surface area contributed by atoms with Crippen LogP contribution in [0.4, 0.5) is 15.9 Å². The quantitative estimate of drug-likeness (QED) is 0.751. The summed E-state index contributed by atoms with van der Waals surface area (Å²) in [7, 11) is 0. The van der Waals surface area contributed by atoms with Gasteiger partial charge in [-0.2, -0.15) is 0 Å². The minimum absolute atomic E-state index is 0.264. The average molecular weight is 253 g/mol. The molecule has 4 N–H and O–H groups in total. The highest BCUT2D eigenvalue weighted by Crippen LogP contribution is 2.21. The van der Waals surface area contributed by atoms with Crippen LogP contribution >= 0.6 is 0 Å². The Morgan fingerprint density at radius 2 is 2.06 bits per heavy atom. The van der Waals surface area contributed by atoms with Crippen LogP contribution in [0.1, 0.15) is 0 Å². The average Bonchev–Trinajstić information content (AvgIpc) is 2.30. The van der Waals surface area contributed by atoms with Gasteiger partial charge >= 0.3 is 0 Å². The third kappa shape index (κ3) is 2.86. The molecule has 0 unspecified atom stereocenters. The summed E-state index contributed by atoms with van der Waals surface area (Å²) >= 11 is 0. The molecule has 1 saturated heterocycles. The number of carbonyl (C=O) groups excluding carboxylic acids is 1. The van der Waals surface area contributed by atoms with Crippen LogP contribution in [-0.2, 0) is 4.79 Å². The molecule has 0 spiro atoms. The summed E-state index contributed by atoms with van der Waals surface area (Å²) in [6, 6.07) is 1.26. The molecule has 0 aromatic carbocycles. The van der Waals surface area contributed by atoms with Crippen LogP contribution in [0.3, 0.4) is 0 Å². The Bertz CT molecular complexity index is 445. The molecule has 98 valence electrons. The van der Waals surface area contributed by atoms with Crippen LogP contribution in [0.25, 0.3) is 0 Å². The van der Waals surface area contributed by atoms with Crippen LogP contribution in [0.15, 0.2) is 12.3 Å². The first-order valence-corrected chi connectivity index (χ1v) is 5.73. The number of pyridine rings is 1. The highest BCUT2D eigenvalue weighted by atomic mass is 19.1. The van der Waals surface area contributed by atoms with Crippen molar-refractivity contribution in [3.63, 3.8) is 0 Å². The van der Waals surface area contributed by atoms with Gasteiger partial charge in [-0.1, -0.05) is 0 Å². The molecule has 0 radical (unpaired) electrons. The number of amides is 1. The van der Waals surface area contributed by atoms with Crippen LogP contribution in [-0.4, -0.2) is 48.5 Å². The molecule has 1 fully saturated rings. The van der Waals surface area contributed by atoms with E-state index in [4.69, 9.17) is 11.5 Å². The fraction of sp³-hybridized carbons (Fsp3) is 0.455. The Balaban J connectivity index is 1.99. The lowest BCUT2D eigenvalue weighted by atomic mass is 10.3. The van der Waals surface area contributed by atoms with E-state index in [0.29, 0.717) is 37.7 Å². The highest BCUT2D eigenvalue weighted by molar-refractivity contribution is 5.76. The summed E-state index contributed by atoms with van der Waals surface area (Å²) in [6.07, 6.45) is 1.15. The number of nitrogens with two attached hydrogens (primary N) is 2. The molecular formula is C11H16FN5O. The molecule has 1 aliphatic heterocycles. The summed E-state index contributed by atoms with van der Waals surface area (Å²) < 4.78 is 12.9. The van der Waals surface area contributed by atoms with Crippen molar-refractivity contribution in [1.29, 1.82) is 0 Å². The molecule has 1 aromatic heterocycles. The van der Waals surface area contributed by atoms with E-state index in [1.54, 1.807) is 0 Å². The largest absolute Gasteiger partial charge is 0.396 e. The number of aromatic nitrogens is 1. The van der Waals surface area contributed by atoms with Gasteiger partial charge < -0.3 is 16.4 Å². The normalized spacial score (nSPS) is 16.8. The lowest BCUT2D eigenvalue weighted by Gasteiger charge is -2.35. The fourth-order valence-electron chi connectivity index (χ4n) is 2.05. The molecule has 2 rings (SSSR count). The maximum absolute atomic E-state index is 12.9. The molecule has 0 aliphatic carbocycles. The van der Waals surface area contributed by atoms with Crippen molar-refractivity contribution < 1.29 is 9.18 Å². The first kappa shape index (κ1) is 12.6. The number of rotatable bonds is 3.